The number of nitrogens with zero attached hydrogens (tertiary/aromatic N) is 3. The first-order chi connectivity index (χ1) is 16.3. The van der Waals surface area contributed by atoms with Crippen LogP contribution in [-0.4, -0.2) is 53.0 Å². The Kier molecular flexibility index (Phi) is 6.82. The van der Waals surface area contributed by atoms with Crippen LogP contribution in [0.25, 0.3) is 11.3 Å². The Labute approximate surface area is 197 Å². The normalized spacial score (nSPS) is 15.4. The molecule has 0 saturated heterocycles. The van der Waals surface area contributed by atoms with Gasteiger partial charge in [0, 0.05) is 7.05 Å². The Balaban J connectivity index is 1.57. The summed E-state index contributed by atoms with van der Waals surface area (Å²) in [4.78, 5) is 30.8. The van der Waals surface area contributed by atoms with Gasteiger partial charge in [0.15, 0.2) is 11.3 Å². The lowest BCUT2D eigenvalue weighted by Crippen LogP contribution is -2.50. The molecular formula is C23H21F3N4O3S. The summed E-state index contributed by atoms with van der Waals surface area (Å²) in [5, 5.41) is 2.58. The van der Waals surface area contributed by atoms with Gasteiger partial charge in [-0.05, 0) is 17.7 Å². The predicted octanol–water partition coefficient (Wildman–Crippen LogP) is 3.74. The number of benzene rings is 2. The van der Waals surface area contributed by atoms with E-state index in [0.29, 0.717) is 22.7 Å². The van der Waals surface area contributed by atoms with Crippen LogP contribution in [0.5, 0.6) is 5.75 Å². The van der Waals surface area contributed by atoms with Crippen molar-refractivity contribution in [3.8, 4) is 17.0 Å². The van der Waals surface area contributed by atoms with Gasteiger partial charge in [0.25, 0.3) is 5.91 Å². The number of thioether (sulfide) groups is 1. The van der Waals surface area contributed by atoms with Crippen LogP contribution in [0.2, 0.25) is 0 Å². The molecule has 0 radical (unpaired) electrons. The summed E-state index contributed by atoms with van der Waals surface area (Å²) < 4.78 is 46.7. The molecule has 0 spiro atoms. The van der Waals surface area contributed by atoms with E-state index in [2.05, 4.69) is 10.3 Å². The first-order valence-corrected chi connectivity index (χ1v) is 11.3. The van der Waals surface area contributed by atoms with Crippen LogP contribution in [0.1, 0.15) is 0 Å². The Bertz CT molecular complexity index is 1180. The van der Waals surface area contributed by atoms with Gasteiger partial charge in [-0.15, -0.1) is 0 Å². The van der Waals surface area contributed by atoms with Crippen molar-refractivity contribution in [3.63, 3.8) is 0 Å². The highest BCUT2D eigenvalue weighted by Crippen LogP contribution is 2.35. The van der Waals surface area contributed by atoms with E-state index >= 15 is 0 Å². The molecule has 178 valence electrons. The van der Waals surface area contributed by atoms with Crippen molar-refractivity contribution >= 4 is 29.3 Å². The van der Waals surface area contributed by atoms with Crippen molar-refractivity contribution in [2.24, 2.45) is 0 Å². The van der Waals surface area contributed by atoms with Crippen LogP contribution >= 0.6 is 11.8 Å². The topological polar surface area (TPSA) is 76.5 Å². The third-order valence-electron chi connectivity index (χ3n) is 5.16. The fourth-order valence-electron chi connectivity index (χ4n) is 3.62. The molecule has 4 rings (SSSR count). The molecule has 7 nitrogen and oxygen atoms in total. The van der Waals surface area contributed by atoms with E-state index in [-0.39, 0.29) is 29.3 Å². The molecule has 0 saturated carbocycles. The van der Waals surface area contributed by atoms with Gasteiger partial charge in [0.05, 0.1) is 29.9 Å². The van der Waals surface area contributed by atoms with Crippen LogP contribution in [0.4, 0.5) is 18.9 Å². The van der Waals surface area contributed by atoms with Gasteiger partial charge in [0.2, 0.25) is 5.91 Å². The minimum absolute atomic E-state index is 0.0116. The molecule has 1 atom stereocenters. The molecule has 2 amide bonds. The van der Waals surface area contributed by atoms with E-state index in [1.807, 2.05) is 0 Å². The molecule has 1 aliphatic heterocycles. The number of aromatic nitrogens is 2. The number of hydrogen-bond acceptors (Lipinski definition) is 5. The molecule has 1 N–H and O–H groups in total. The summed E-state index contributed by atoms with van der Waals surface area (Å²) in [6.45, 7) is -1.24. The van der Waals surface area contributed by atoms with Gasteiger partial charge in [0.1, 0.15) is 12.3 Å². The van der Waals surface area contributed by atoms with Crippen molar-refractivity contribution in [1.82, 2.24) is 14.9 Å². The number of fused-ring (bicyclic) bond motifs is 1. The minimum atomic E-state index is -4.46. The molecule has 1 aliphatic rings. The molecule has 1 aromatic heterocycles. The number of imidazole rings is 1. The molecule has 34 heavy (non-hydrogen) atoms. The number of ether oxygens (including phenoxy) is 1. The fraction of sp³-hybridized carbons (Fsp3) is 0.261. The Morgan fingerprint density at radius 2 is 1.85 bits per heavy atom. The maximum atomic E-state index is 13.3. The van der Waals surface area contributed by atoms with Gasteiger partial charge >= 0.3 is 6.18 Å². The van der Waals surface area contributed by atoms with E-state index in [0.717, 1.165) is 16.3 Å². The summed E-state index contributed by atoms with van der Waals surface area (Å²) in [6.07, 6.45) is -3.99. The van der Waals surface area contributed by atoms with Crippen LogP contribution in [0.15, 0.2) is 66.0 Å². The molecule has 11 heteroatoms. The second-order valence-electron chi connectivity index (χ2n) is 7.47. The van der Waals surface area contributed by atoms with Gasteiger partial charge in [-0.2, -0.15) is 13.2 Å². The number of para-hydroxylation sites is 2. The number of halogens is 3. The summed E-state index contributed by atoms with van der Waals surface area (Å²) in [5.74, 6) is -0.547. The van der Waals surface area contributed by atoms with Gasteiger partial charge in [-0.3, -0.25) is 9.59 Å². The number of anilines is 1. The molecular weight excluding hydrogens is 469 g/mol. The van der Waals surface area contributed by atoms with Crippen molar-refractivity contribution < 1.29 is 27.5 Å². The van der Waals surface area contributed by atoms with Crippen molar-refractivity contribution in [1.29, 1.82) is 0 Å². The second-order valence-corrected chi connectivity index (χ2v) is 8.42. The zero-order valence-electron chi connectivity index (χ0n) is 18.1. The van der Waals surface area contributed by atoms with E-state index < -0.39 is 18.8 Å². The van der Waals surface area contributed by atoms with Gasteiger partial charge < -0.3 is 19.5 Å². The van der Waals surface area contributed by atoms with Crippen LogP contribution in [0.3, 0.4) is 0 Å². The number of hydrogen-bond donors (Lipinski definition) is 1. The second kappa shape index (κ2) is 9.80. The number of rotatable bonds is 6. The summed E-state index contributed by atoms with van der Waals surface area (Å²) in [6, 6.07) is 15.4. The number of carbonyl (C=O) groups is 2. The quantitative estimate of drug-likeness (QED) is 0.533. The molecule has 2 heterocycles. The Morgan fingerprint density at radius 3 is 2.56 bits per heavy atom. The Hall–Kier alpha value is -3.47. The third-order valence-corrected chi connectivity index (χ3v) is 6.14. The predicted molar refractivity (Wildman–Crippen MR) is 122 cm³/mol. The lowest BCUT2D eigenvalue weighted by Gasteiger charge is -2.34. The molecule has 0 bridgehead atoms. The molecule has 2 aromatic carbocycles. The summed E-state index contributed by atoms with van der Waals surface area (Å²) in [5.41, 5.74) is 1.40. The maximum Gasteiger partial charge on any atom is 0.406 e. The number of amides is 2. The smallest absolute Gasteiger partial charge is 0.406 e. The fourth-order valence-corrected chi connectivity index (χ4v) is 4.47. The molecule has 3 aromatic rings. The lowest BCUT2D eigenvalue weighted by atomic mass is 10.2. The van der Waals surface area contributed by atoms with Crippen LogP contribution < -0.4 is 15.0 Å². The summed E-state index contributed by atoms with van der Waals surface area (Å²) >= 11 is 0.914. The third kappa shape index (κ3) is 5.19. The number of nitrogens with one attached hydrogen (secondary N) is 1. The minimum Gasteiger partial charge on any atom is -0.477 e. The van der Waals surface area contributed by atoms with E-state index in [9.17, 15) is 22.8 Å². The number of alkyl halides is 3. The summed E-state index contributed by atoms with van der Waals surface area (Å²) in [7, 11) is 1.47. The lowest BCUT2D eigenvalue weighted by molar-refractivity contribution is -0.141. The average molecular weight is 491 g/mol. The monoisotopic (exact) mass is 490 g/mol. The molecule has 0 aliphatic carbocycles. The molecule has 0 fully saturated rings. The highest BCUT2D eigenvalue weighted by molar-refractivity contribution is 7.99. The Morgan fingerprint density at radius 1 is 1.15 bits per heavy atom. The first kappa shape index (κ1) is 23.7. The molecule has 1 unspecified atom stereocenters. The van der Waals surface area contributed by atoms with Gasteiger partial charge in [-0.1, -0.05) is 54.2 Å². The number of likely N-dealkylation sites (N-methyl/N-ethyl adjacent to an activating group) is 1. The van der Waals surface area contributed by atoms with E-state index in [1.165, 1.54) is 18.1 Å². The average Bonchev–Trinajstić information content (AvgIpc) is 3.22. The van der Waals surface area contributed by atoms with E-state index in [4.69, 9.17) is 4.74 Å². The first-order valence-electron chi connectivity index (χ1n) is 10.3. The van der Waals surface area contributed by atoms with E-state index in [1.54, 1.807) is 54.6 Å². The van der Waals surface area contributed by atoms with Crippen molar-refractivity contribution in [3.05, 3.63) is 60.8 Å². The van der Waals surface area contributed by atoms with Crippen molar-refractivity contribution in [2.45, 2.75) is 24.0 Å². The maximum absolute atomic E-state index is 13.3. The largest absolute Gasteiger partial charge is 0.477 e. The van der Waals surface area contributed by atoms with Crippen LogP contribution in [-0.2, 0) is 16.1 Å². The SMILES string of the molecule is CNC(=O)C1CN(C(=O)CSc2ncc(-c3ccccc3)n2CC(F)(F)F)c2ccccc2O1. The highest BCUT2D eigenvalue weighted by Gasteiger charge is 2.34. The van der Waals surface area contributed by atoms with Crippen molar-refractivity contribution in [2.75, 3.05) is 24.2 Å². The zero-order valence-corrected chi connectivity index (χ0v) is 18.9. The standard InChI is InChI=1S/C23H21F3N4O3S/c1-27-21(32)19-12-29(16-9-5-6-10-18(16)33-19)20(31)13-34-22-28-11-17(15-7-3-2-4-8-15)30(22)14-23(24,25)26/h2-11,19H,12-14H2,1H3,(H,27,32). The zero-order chi connectivity index (χ0) is 24.3. The van der Waals surface area contributed by atoms with Crippen LogP contribution in [0, 0.1) is 0 Å². The highest BCUT2D eigenvalue weighted by atomic mass is 32.2. The number of carbonyl (C=O) groups excluding carboxylic acids is 2. The van der Waals surface area contributed by atoms with Gasteiger partial charge in [-0.25, -0.2) is 4.98 Å².